The van der Waals surface area contributed by atoms with Gasteiger partial charge in [-0.1, -0.05) is 28.1 Å². The molecule has 0 unspecified atom stereocenters. The van der Waals surface area contributed by atoms with Gasteiger partial charge in [-0.2, -0.15) is 0 Å². The fourth-order valence-corrected chi connectivity index (χ4v) is 3.20. The van der Waals surface area contributed by atoms with Gasteiger partial charge in [0, 0.05) is 30.3 Å². The first-order valence-corrected chi connectivity index (χ1v) is 9.41. The summed E-state index contributed by atoms with van der Waals surface area (Å²) in [7, 11) is 1.75. The second-order valence-electron chi connectivity index (χ2n) is 6.29. The van der Waals surface area contributed by atoms with Gasteiger partial charge in [0.05, 0.1) is 5.56 Å². The molecule has 1 amide bonds. The molecule has 0 saturated carbocycles. The molecule has 0 N–H and O–H groups in total. The van der Waals surface area contributed by atoms with Crippen LogP contribution < -0.4 is 14.2 Å². The number of nitrogens with zero attached hydrogens (tertiary/aromatic N) is 2. The third-order valence-corrected chi connectivity index (χ3v) is 4.70. The average molecular weight is 441 g/mol. The summed E-state index contributed by atoms with van der Waals surface area (Å²) in [6, 6.07) is 16.5. The van der Waals surface area contributed by atoms with Crippen LogP contribution in [-0.4, -0.2) is 29.6 Å². The molecule has 7 heteroatoms. The highest BCUT2D eigenvalue weighted by Crippen LogP contribution is 2.32. The highest BCUT2D eigenvalue weighted by Gasteiger charge is 2.16. The van der Waals surface area contributed by atoms with Gasteiger partial charge in [0.2, 0.25) is 12.7 Å². The second-order valence-corrected chi connectivity index (χ2v) is 7.21. The third kappa shape index (κ3) is 4.09. The van der Waals surface area contributed by atoms with E-state index in [1.165, 1.54) is 6.20 Å². The third-order valence-electron chi connectivity index (χ3n) is 4.21. The summed E-state index contributed by atoms with van der Waals surface area (Å²) in [6.45, 7) is 0.680. The highest BCUT2D eigenvalue weighted by molar-refractivity contribution is 9.10. The van der Waals surface area contributed by atoms with Crippen molar-refractivity contribution in [2.24, 2.45) is 0 Å². The number of ether oxygens (including phenoxy) is 3. The molecule has 0 spiro atoms. The van der Waals surface area contributed by atoms with E-state index in [1.807, 2.05) is 42.5 Å². The number of carbonyl (C=O) groups is 1. The van der Waals surface area contributed by atoms with Gasteiger partial charge in [-0.15, -0.1) is 0 Å². The van der Waals surface area contributed by atoms with Crippen molar-refractivity contribution in [1.29, 1.82) is 0 Å². The van der Waals surface area contributed by atoms with Crippen molar-refractivity contribution in [3.63, 3.8) is 0 Å². The number of benzene rings is 2. The monoisotopic (exact) mass is 440 g/mol. The normalized spacial score (nSPS) is 11.9. The number of aromatic nitrogens is 1. The van der Waals surface area contributed by atoms with E-state index in [2.05, 4.69) is 20.9 Å². The molecule has 1 aliphatic heterocycles. The van der Waals surface area contributed by atoms with Crippen LogP contribution in [0.1, 0.15) is 15.9 Å². The molecule has 2 aromatic carbocycles. The van der Waals surface area contributed by atoms with Crippen LogP contribution in [0.4, 0.5) is 0 Å². The van der Waals surface area contributed by atoms with Gasteiger partial charge in [0.15, 0.2) is 11.5 Å². The Morgan fingerprint density at radius 3 is 2.79 bits per heavy atom. The Kier molecular flexibility index (Phi) is 5.16. The molecule has 0 atom stereocenters. The Hall–Kier alpha value is -3.06. The fraction of sp³-hybridized carbons (Fsp3) is 0.143. The summed E-state index contributed by atoms with van der Waals surface area (Å²) >= 11 is 3.40. The fourth-order valence-electron chi connectivity index (χ4n) is 2.82. The maximum Gasteiger partial charge on any atom is 0.255 e. The standard InChI is InChI=1S/C21H17BrN2O4/c1-24(12-14-5-7-18-19(9-14)27-13-26-18)21(25)15-6-8-20(23-11-15)28-17-4-2-3-16(22)10-17/h2-11H,12-13H2,1H3. The number of fused-ring (bicyclic) bond motifs is 1. The molecule has 0 bridgehead atoms. The number of hydrogen-bond acceptors (Lipinski definition) is 5. The molecule has 28 heavy (non-hydrogen) atoms. The minimum atomic E-state index is -0.126. The van der Waals surface area contributed by atoms with E-state index in [9.17, 15) is 4.79 Å². The molecule has 0 radical (unpaired) electrons. The molecule has 0 fully saturated rings. The lowest BCUT2D eigenvalue weighted by Crippen LogP contribution is -2.26. The topological polar surface area (TPSA) is 60.9 Å². The Morgan fingerprint density at radius 1 is 1.14 bits per heavy atom. The van der Waals surface area contributed by atoms with Crippen molar-refractivity contribution >= 4 is 21.8 Å². The molecule has 0 saturated heterocycles. The molecule has 0 aliphatic carbocycles. The van der Waals surface area contributed by atoms with Crippen LogP contribution >= 0.6 is 15.9 Å². The van der Waals surface area contributed by atoms with Crippen LogP contribution in [0.5, 0.6) is 23.1 Å². The molecule has 3 aromatic rings. The van der Waals surface area contributed by atoms with E-state index in [0.29, 0.717) is 29.5 Å². The average Bonchev–Trinajstić information content (AvgIpc) is 3.16. The van der Waals surface area contributed by atoms with Crippen molar-refractivity contribution in [3.8, 4) is 23.1 Å². The molecule has 1 aromatic heterocycles. The van der Waals surface area contributed by atoms with E-state index < -0.39 is 0 Å². The first-order valence-electron chi connectivity index (χ1n) is 8.62. The Balaban J connectivity index is 1.41. The van der Waals surface area contributed by atoms with Crippen LogP contribution in [0.25, 0.3) is 0 Å². The molecule has 1 aliphatic rings. The quantitative estimate of drug-likeness (QED) is 0.578. The number of rotatable bonds is 5. The first kappa shape index (κ1) is 18.3. The largest absolute Gasteiger partial charge is 0.454 e. The molecule has 142 valence electrons. The van der Waals surface area contributed by atoms with Gasteiger partial charge >= 0.3 is 0 Å². The van der Waals surface area contributed by atoms with Gasteiger partial charge < -0.3 is 19.1 Å². The number of halogens is 1. The van der Waals surface area contributed by atoms with Crippen molar-refractivity contribution in [2.45, 2.75) is 6.54 Å². The first-order chi connectivity index (χ1) is 13.6. The van der Waals surface area contributed by atoms with Gasteiger partial charge in [-0.25, -0.2) is 4.98 Å². The van der Waals surface area contributed by atoms with E-state index in [4.69, 9.17) is 14.2 Å². The smallest absolute Gasteiger partial charge is 0.255 e. The van der Waals surface area contributed by atoms with E-state index in [1.54, 1.807) is 24.1 Å². The summed E-state index contributed by atoms with van der Waals surface area (Å²) in [4.78, 5) is 18.5. The summed E-state index contributed by atoms with van der Waals surface area (Å²) in [5, 5.41) is 0. The Bertz CT molecular complexity index is 1010. The van der Waals surface area contributed by atoms with Gasteiger partial charge in [-0.3, -0.25) is 4.79 Å². The lowest BCUT2D eigenvalue weighted by atomic mass is 10.1. The zero-order valence-electron chi connectivity index (χ0n) is 15.1. The maximum absolute atomic E-state index is 12.7. The number of hydrogen-bond donors (Lipinski definition) is 0. The van der Waals surface area contributed by atoms with Gasteiger partial charge in [0.1, 0.15) is 5.75 Å². The number of pyridine rings is 1. The molecule has 6 nitrogen and oxygen atoms in total. The lowest BCUT2D eigenvalue weighted by molar-refractivity contribution is 0.0784. The molecular formula is C21H17BrN2O4. The maximum atomic E-state index is 12.7. The SMILES string of the molecule is CN(Cc1ccc2c(c1)OCO2)C(=O)c1ccc(Oc2cccc(Br)c2)nc1. The van der Waals surface area contributed by atoms with Crippen LogP contribution in [0.3, 0.4) is 0 Å². The molecule has 2 heterocycles. The number of amides is 1. The van der Waals surface area contributed by atoms with E-state index in [0.717, 1.165) is 15.8 Å². The van der Waals surface area contributed by atoms with Gasteiger partial charge in [0.25, 0.3) is 5.91 Å². The van der Waals surface area contributed by atoms with Crippen LogP contribution in [0, 0.1) is 0 Å². The van der Waals surface area contributed by atoms with Crippen molar-refractivity contribution in [1.82, 2.24) is 9.88 Å². The zero-order chi connectivity index (χ0) is 19.5. The van der Waals surface area contributed by atoms with Crippen LogP contribution in [0.15, 0.2) is 65.3 Å². The minimum absolute atomic E-state index is 0.126. The molecule has 4 rings (SSSR count). The minimum Gasteiger partial charge on any atom is -0.454 e. The van der Waals surface area contributed by atoms with E-state index >= 15 is 0 Å². The van der Waals surface area contributed by atoms with Crippen molar-refractivity contribution in [2.75, 3.05) is 13.8 Å². The number of carbonyl (C=O) groups excluding carboxylic acids is 1. The summed E-state index contributed by atoms with van der Waals surface area (Å²) in [6.07, 6.45) is 1.52. The van der Waals surface area contributed by atoms with E-state index in [-0.39, 0.29) is 12.7 Å². The van der Waals surface area contributed by atoms with Crippen LogP contribution in [0.2, 0.25) is 0 Å². The zero-order valence-corrected chi connectivity index (χ0v) is 16.7. The summed E-state index contributed by atoms with van der Waals surface area (Å²) in [5.41, 5.74) is 1.45. The Morgan fingerprint density at radius 2 is 2.00 bits per heavy atom. The van der Waals surface area contributed by atoms with Crippen molar-refractivity contribution in [3.05, 3.63) is 76.4 Å². The van der Waals surface area contributed by atoms with Gasteiger partial charge in [-0.05, 0) is 42.0 Å². The Labute approximate surface area is 170 Å². The van der Waals surface area contributed by atoms with Crippen LogP contribution in [-0.2, 0) is 6.54 Å². The second kappa shape index (κ2) is 7.90. The summed E-state index contributed by atoms with van der Waals surface area (Å²) in [5.74, 6) is 2.39. The predicted molar refractivity (Wildman–Crippen MR) is 107 cm³/mol. The summed E-state index contributed by atoms with van der Waals surface area (Å²) < 4.78 is 17.3. The van der Waals surface area contributed by atoms with Crippen molar-refractivity contribution < 1.29 is 19.0 Å². The molecular weight excluding hydrogens is 424 g/mol. The highest BCUT2D eigenvalue weighted by atomic mass is 79.9. The lowest BCUT2D eigenvalue weighted by Gasteiger charge is -2.17. The predicted octanol–water partition coefficient (Wildman–Crippen LogP) is 4.64.